The lowest BCUT2D eigenvalue weighted by Gasteiger charge is -2.32. The van der Waals surface area contributed by atoms with Crippen molar-refractivity contribution in [3.05, 3.63) is 65.7 Å². The number of methoxy groups -OCH3 is 1. The highest BCUT2D eigenvalue weighted by Crippen LogP contribution is 2.18. The molecule has 0 spiro atoms. The van der Waals surface area contributed by atoms with Gasteiger partial charge in [-0.15, -0.1) is 0 Å². The van der Waals surface area contributed by atoms with Gasteiger partial charge in [0.25, 0.3) is 0 Å². The van der Waals surface area contributed by atoms with E-state index in [-0.39, 0.29) is 18.4 Å². The number of hydrogen-bond acceptors (Lipinski definition) is 5. The van der Waals surface area contributed by atoms with E-state index < -0.39 is 5.97 Å². The van der Waals surface area contributed by atoms with Crippen LogP contribution in [0.3, 0.4) is 0 Å². The number of esters is 1. The molecule has 142 valence electrons. The van der Waals surface area contributed by atoms with Crippen molar-refractivity contribution in [3.63, 3.8) is 0 Å². The largest absolute Gasteiger partial charge is 0.465 e. The van der Waals surface area contributed by atoms with Gasteiger partial charge in [0.05, 0.1) is 37.5 Å². The van der Waals surface area contributed by atoms with Crippen LogP contribution >= 0.6 is 0 Å². The molecule has 1 fully saturated rings. The Kier molecular flexibility index (Phi) is 6.57. The van der Waals surface area contributed by atoms with Crippen LogP contribution in [-0.4, -0.2) is 49.7 Å². The quantitative estimate of drug-likeness (QED) is 0.794. The zero-order chi connectivity index (χ0) is 19.1. The van der Waals surface area contributed by atoms with Crippen molar-refractivity contribution < 1.29 is 19.1 Å². The zero-order valence-corrected chi connectivity index (χ0v) is 15.4. The topological polar surface area (TPSA) is 67.9 Å². The van der Waals surface area contributed by atoms with Crippen LogP contribution in [0, 0.1) is 0 Å². The van der Waals surface area contributed by atoms with Crippen LogP contribution in [-0.2, 0) is 20.8 Å². The van der Waals surface area contributed by atoms with Crippen molar-refractivity contribution >= 4 is 17.6 Å². The lowest BCUT2D eigenvalue weighted by atomic mass is 10.1. The highest BCUT2D eigenvalue weighted by molar-refractivity contribution is 6.01. The number of nitrogens with one attached hydrogen (secondary N) is 1. The molecule has 0 radical (unpaired) electrons. The number of morpholine rings is 1. The Morgan fingerprint density at radius 2 is 1.89 bits per heavy atom. The summed E-state index contributed by atoms with van der Waals surface area (Å²) in [7, 11) is 1.32. The van der Waals surface area contributed by atoms with Crippen molar-refractivity contribution in [1.82, 2.24) is 4.90 Å². The number of carbonyl (C=O) groups is 2. The van der Waals surface area contributed by atoms with Gasteiger partial charge >= 0.3 is 5.97 Å². The lowest BCUT2D eigenvalue weighted by molar-refractivity contribution is -0.121. The summed E-state index contributed by atoms with van der Waals surface area (Å²) in [5.41, 5.74) is 2.03. The molecule has 0 bridgehead atoms. The summed E-state index contributed by atoms with van der Waals surface area (Å²) < 4.78 is 10.5. The number of carbonyl (C=O) groups excluding carboxylic acids is 2. The van der Waals surface area contributed by atoms with Crippen LogP contribution in [0.25, 0.3) is 0 Å². The van der Waals surface area contributed by atoms with E-state index >= 15 is 0 Å². The predicted molar refractivity (Wildman–Crippen MR) is 102 cm³/mol. The van der Waals surface area contributed by atoms with Crippen molar-refractivity contribution in [3.8, 4) is 0 Å². The number of anilines is 1. The van der Waals surface area contributed by atoms with Crippen LogP contribution in [0.1, 0.15) is 22.3 Å². The van der Waals surface area contributed by atoms with E-state index in [1.54, 1.807) is 24.3 Å². The second kappa shape index (κ2) is 9.30. The van der Waals surface area contributed by atoms with E-state index in [1.165, 1.54) is 12.7 Å². The number of ether oxygens (including phenoxy) is 2. The molecule has 2 aromatic carbocycles. The van der Waals surface area contributed by atoms with Gasteiger partial charge in [0.2, 0.25) is 5.91 Å². The van der Waals surface area contributed by atoms with Crippen molar-refractivity contribution in [2.75, 3.05) is 32.1 Å². The molecule has 2 aromatic rings. The number of amides is 1. The maximum absolute atomic E-state index is 12.4. The predicted octanol–water partition coefficient (Wildman–Crippen LogP) is 2.70. The fraction of sp³-hybridized carbons (Fsp3) is 0.333. The fourth-order valence-electron chi connectivity index (χ4n) is 3.18. The van der Waals surface area contributed by atoms with Gasteiger partial charge in [-0.1, -0.05) is 42.5 Å². The van der Waals surface area contributed by atoms with Gasteiger partial charge in [0.1, 0.15) is 0 Å². The van der Waals surface area contributed by atoms with Gasteiger partial charge < -0.3 is 14.8 Å². The Balaban J connectivity index is 1.56. The molecule has 1 unspecified atom stereocenters. The highest BCUT2D eigenvalue weighted by Gasteiger charge is 2.23. The maximum Gasteiger partial charge on any atom is 0.339 e. The van der Waals surface area contributed by atoms with Gasteiger partial charge in [0, 0.05) is 19.6 Å². The van der Waals surface area contributed by atoms with E-state index in [2.05, 4.69) is 22.3 Å². The molecule has 0 saturated carbocycles. The highest BCUT2D eigenvalue weighted by atomic mass is 16.5. The molecular formula is C21H24N2O4. The third-order valence-electron chi connectivity index (χ3n) is 4.49. The Morgan fingerprint density at radius 3 is 2.67 bits per heavy atom. The summed E-state index contributed by atoms with van der Waals surface area (Å²) in [5.74, 6) is -0.660. The van der Waals surface area contributed by atoms with Crippen molar-refractivity contribution in [1.29, 1.82) is 0 Å². The number of benzene rings is 2. The fourth-order valence-corrected chi connectivity index (χ4v) is 3.18. The summed E-state index contributed by atoms with van der Waals surface area (Å²) in [6.45, 7) is 2.98. The molecule has 1 amide bonds. The SMILES string of the molecule is COC(=O)c1ccccc1NC(=O)CC1CN(Cc2ccccc2)CCO1. The number of rotatable bonds is 6. The Morgan fingerprint density at radius 1 is 1.15 bits per heavy atom. The minimum absolute atomic E-state index is 0.173. The molecule has 0 aliphatic carbocycles. The Hall–Kier alpha value is -2.70. The van der Waals surface area contributed by atoms with Crippen LogP contribution in [0.2, 0.25) is 0 Å². The molecule has 6 nitrogen and oxygen atoms in total. The summed E-state index contributed by atoms with van der Waals surface area (Å²) >= 11 is 0. The second-order valence-electron chi connectivity index (χ2n) is 6.50. The van der Waals surface area contributed by atoms with Crippen LogP contribution in [0.4, 0.5) is 5.69 Å². The Bertz CT molecular complexity index is 779. The van der Waals surface area contributed by atoms with Crippen molar-refractivity contribution in [2.45, 2.75) is 19.1 Å². The molecular weight excluding hydrogens is 344 g/mol. The number of para-hydroxylation sites is 1. The third-order valence-corrected chi connectivity index (χ3v) is 4.49. The number of nitrogens with zero attached hydrogens (tertiary/aromatic N) is 1. The third kappa shape index (κ3) is 5.39. The lowest BCUT2D eigenvalue weighted by Crippen LogP contribution is -2.43. The normalized spacial score (nSPS) is 17.3. The van der Waals surface area contributed by atoms with E-state index in [4.69, 9.17) is 9.47 Å². The molecule has 27 heavy (non-hydrogen) atoms. The van der Waals surface area contributed by atoms with Gasteiger partial charge in [-0.2, -0.15) is 0 Å². The molecule has 1 heterocycles. The second-order valence-corrected chi connectivity index (χ2v) is 6.50. The standard InChI is InChI=1S/C21H24N2O4/c1-26-21(25)18-9-5-6-10-19(18)22-20(24)13-17-15-23(11-12-27-17)14-16-7-3-2-4-8-16/h2-10,17H,11-15H2,1H3,(H,22,24). The molecule has 1 N–H and O–H groups in total. The molecule has 3 rings (SSSR count). The van der Waals surface area contributed by atoms with Gasteiger partial charge in [-0.25, -0.2) is 4.79 Å². The van der Waals surface area contributed by atoms with Gasteiger partial charge in [-0.05, 0) is 17.7 Å². The smallest absolute Gasteiger partial charge is 0.339 e. The van der Waals surface area contributed by atoms with Crippen LogP contribution < -0.4 is 5.32 Å². The van der Waals surface area contributed by atoms with Crippen molar-refractivity contribution in [2.24, 2.45) is 0 Å². The first-order chi connectivity index (χ1) is 13.2. The van der Waals surface area contributed by atoms with Crippen LogP contribution in [0.15, 0.2) is 54.6 Å². The molecule has 0 aromatic heterocycles. The first-order valence-corrected chi connectivity index (χ1v) is 9.01. The van der Waals surface area contributed by atoms with Gasteiger partial charge in [0.15, 0.2) is 0 Å². The van der Waals surface area contributed by atoms with E-state index in [0.29, 0.717) is 24.4 Å². The van der Waals surface area contributed by atoms with Gasteiger partial charge in [-0.3, -0.25) is 9.69 Å². The molecule has 1 aliphatic heterocycles. The van der Waals surface area contributed by atoms with E-state index in [0.717, 1.165) is 13.1 Å². The maximum atomic E-state index is 12.4. The first-order valence-electron chi connectivity index (χ1n) is 9.01. The molecule has 6 heteroatoms. The first kappa shape index (κ1) is 19.1. The zero-order valence-electron chi connectivity index (χ0n) is 15.4. The van der Waals surface area contributed by atoms with Crippen LogP contribution in [0.5, 0.6) is 0 Å². The Labute approximate surface area is 159 Å². The number of hydrogen-bond donors (Lipinski definition) is 1. The minimum Gasteiger partial charge on any atom is -0.465 e. The summed E-state index contributed by atoms with van der Waals surface area (Å²) in [6, 6.07) is 17.1. The summed E-state index contributed by atoms with van der Waals surface area (Å²) in [5, 5.41) is 2.80. The minimum atomic E-state index is -0.478. The average molecular weight is 368 g/mol. The molecule has 1 saturated heterocycles. The molecule has 1 atom stereocenters. The average Bonchev–Trinajstić information content (AvgIpc) is 2.69. The van der Waals surface area contributed by atoms with E-state index in [9.17, 15) is 9.59 Å². The monoisotopic (exact) mass is 368 g/mol. The van der Waals surface area contributed by atoms with E-state index in [1.807, 2.05) is 18.2 Å². The summed E-state index contributed by atoms with van der Waals surface area (Å²) in [4.78, 5) is 26.6. The molecule has 1 aliphatic rings. The summed E-state index contributed by atoms with van der Waals surface area (Å²) in [6.07, 6.45) is 0.0635.